The molecule has 27 heavy (non-hydrogen) atoms. The molecule has 1 aliphatic heterocycles. The van der Waals surface area contributed by atoms with Crippen LogP contribution in [0, 0.1) is 19.8 Å². The molecule has 0 radical (unpaired) electrons. The van der Waals surface area contributed by atoms with Crippen molar-refractivity contribution in [1.82, 2.24) is 0 Å². The molecule has 2 aromatic rings. The fraction of sp³-hybridized carbons (Fsp3) is 0.300. The van der Waals surface area contributed by atoms with E-state index in [0.717, 1.165) is 23.1 Å². The molecule has 1 fully saturated rings. The second kappa shape index (κ2) is 7.15. The molecule has 0 aliphatic carbocycles. The summed E-state index contributed by atoms with van der Waals surface area (Å²) in [6, 6.07) is 11.9. The summed E-state index contributed by atoms with van der Waals surface area (Å²) >= 11 is 0. The normalized spacial score (nSPS) is 17.2. The molecule has 6 nitrogen and oxygen atoms in total. The molecule has 0 bridgehead atoms. The fourth-order valence-electron chi connectivity index (χ4n) is 3.19. The number of hydrogen-bond acceptors (Lipinski definition) is 4. The SMILES string of the molecule is Cc1cccc(N2CC(C(=O)Nc3cccc(S(C)(=O)=O)c3)CC2=O)c1C. The van der Waals surface area contributed by atoms with Gasteiger partial charge in [-0.1, -0.05) is 18.2 Å². The second-order valence-electron chi connectivity index (χ2n) is 6.91. The summed E-state index contributed by atoms with van der Waals surface area (Å²) in [5.74, 6) is -0.866. The Balaban J connectivity index is 1.76. The molecule has 0 spiro atoms. The summed E-state index contributed by atoms with van der Waals surface area (Å²) in [6.45, 7) is 4.25. The third kappa shape index (κ3) is 4.03. The Labute approximate surface area is 159 Å². The van der Waals surface area contributed by atoms with E-state index in [0.29, 0.717) is 12.2 Å². The van der Waals surface area contributed by atoms with Gasteiger partial charge in [-0.05, 0) is 49.2 Å². The van der Waals surface area contributed by atoms with E-state index in [2.05, 4.69) is 5.32 Å². The summed E-state index contributed by atoms with van der Waals surface area (Å²) in [7, 11) is -3.36. The van der Waals surface area contributed by atoms with Gasteiger partial charge in [0.2, 0.25) is 11.8 Å². The van der Waals surface area contributed by atoms with Crippen LogP contribution in [0.3, 0.4) is 0 Å². The molecular formula is C20H22N2O4S. The highest BCUT2D eigenvalue weighted by Gasteiger charge is 2.35. The van der Waals surface area contributed by atoms with E-state index in [9.17, 15) is 18.0 Å². The first kappa shape index (κ1) is 19.1. The maximum atomic E-state index is 12.6. The zero-order valence-corrected chi connectivity index (χ0v) is 16.3. The minimum atomic E-state index is -3.36. The monoisotopic (exact) mass is 386 g/mol. The first-order valence-electron chi connectivity index (χ1n) is 8.64. The Morgan fingerprint density at radius 3 is 2.56 bits per heavy atom. The van der Waals surface area contributed by atoms with Crippen molar-refractivity contribution >= 4 is 33.0 Å². The Morgan fingerprint density at radius 1 is 1.15 bits per heavy atom. The number of carbonyl (C=O) groups is 2. The number of rotatable bonds is 4. The van der Waals surface area contributed by atoms with Crippen LogP contribution in [-0.2, 0) is 19.4 Å². The number of sulfone groups is 1. The van der Waals surface area contributed by atoms with Crippen LogP contribution in [0.2, 0.25) is 0 Å². The molecule has 0 saturated carbocycles. The van der Waals surface area contributed by atoms with E-state index < -0.39 is 15.8 Å². The van der Waals surface area contributed by atoms with Crippen molar-refractivity contribution in [3.8, 4) is 0 Å². The number of anilines is 2. The second-order valence-corrected chi connectivity index (χ2v) is 8.93. The van der Waals surface area contributed by atoms with Crippen molar-refractivity contribution in [2.24, 2.45) is 5.92 Å². The molecule has 1 atom stereocenters. The van der Waals surface area contributed by atoms with E-state index in [-0.39, 0.29) is 23.1 Å². The first-order valence-corrected chi connectivity index (χ1v) is 10.5. The lowest BCUT2D eigenvalue weighted by atomic mass is 10.1. The Bertz CT molecular complexity index is 1010. The van der Waals surface area contributed by atoms with E-state index in [1.165, 1.54) is 12.1 Å². The Hall–Kier alpha value is -2.67. The van der Waals surface area contributed by atoms with Gasteiger partial charge in [0.05, 0.1) is 10.8 Å². The number of amides is 2. The summed E-state index contributed by atoms with van der Waals surface area (Å²) in [5.41, 5.74) is 3.34. The van der Waals surface area contributed by atoms with Gasteiger partial charge >= 0.3 is 0 Å². The molecule has 0 aromatic heterocycles. The van der Waals surface area contributed by atoms with Gasteiger partial charge in [-0.15, -0.1) is 0 Å². The highest BCUT2D eigenvalue weighted by Crippen LogP contribution is 2.30. The molecule has 2 aromatic carbocycles. The lowest BCUT2D eigenvalue weighted by molar-refractivity contribution is -0.122. The summed E-state index contributed by atoms with van der Waals surface area (Å²) in [4.78, 5) is 26.9. The molecule has 1 heterocycles. The minimum absolute atomic E-state index is 0.0891. The highest BCUT2D eigenvalue weighted by atomic mass is 32.2. The number of aryl methyl sites for hydroxylation is 1. The van der Waals surface area contributed by atoms with Crippen LogP contribution in [0.1, 0.15) is 17.5 Å². The first-order chi connectivity index (χ1) is 12.7. The molecule has 1 unspecified atom stereocenters. The average molecular weight is 386 g/mol. The van der Waals surface area contributed by atoms with Gasteiger partial charge in [-0.3, -0.25) is 9.59 Å². The van der Waals surface area contributed by atoms with E-state index in [1.54, 1.807) is 17.0 Å². The van der Waals surface area contributed by atoms with Crippen LogP contribution in [0.4, 0.5) is 11.4 Å². The smallest absolute Gasteiger partial charge is 0.229 e. The largest absolute Gasteiger partial charge is 0.326 e. The third-order valence-electron chi connectivity index (χ3n) is 4.89. The van der Waals surface area contributed by atoms with Gasteiger partial charge in [0, 0.05) is 30.6 Å². The zero-order valence-electron chi connectivity index (χ0n) is 15.5. The molecule has 1 saturated heterocycles. The van der Waals surface area contributed by atoms with Gasteiger partial charge in [0.15, 0.2) is 9.84 Å². The number of nitrogens with zero attached hydrogens (tertiary/aromatic N) is 1. The van der Waals surface area contributed by atoms with E-state index in [4.69, 9.17) is 0 Å². The third-order valence-corrected chi connectivity index (χ3v) is 6.00. The Morgan fingerprint density at radius 2 is 1.85 bits per heavy atom. The quantitative estimate of drug-likeness (QED) is 0.876. The fourth-order valence-corrected chi connectivity index (χ4v) is 3.86. The van der Waals surface area contributed by atoms with Crippen LogP contribution in [0.15, 0.2) is 47.4 Å². The van der Waals surface area contributed by atoms with Crippen molar-refractivity contribution in [3.05, 3.63) is 53.6 Å². The van der Waals surface area contributed by atoms with Crippen molar-refractivity contribution < 1.29 is 18.0 Å². The van der Waals surface area contributed by atoms with Gasteiger partial charge in [-0.25, -0.2) is 8.42 Å². The number of hydrogen-bond donors (Lipinski definition) is 1. The zero-order chi connectivity index (χ0) is 19.8. The molecule has 7 heteroatoms. The van der Waals surface area contributed by atoms with Crippen molar-refractivity contribution in [3.63, 3.8) is 0 Å². The summed E-state index contributed by atoms with van der Waals surface area (Å²) in [6.07, 6.45) is 1.25. The van der Waals surface area contributed by atoms with Crippen molar-refractivity contribution in [1.29, 1.82) is 0 Å². The standard InChI is InChI=1S/C20H22N2O4S/c1-13-6-4-9-18(14(13)2)22-12-15(10-19(22)23)20(24)21-16-7-5-8-17(11-16)27(3,25)26/h4-9,11,15H,10,12H2,1-3H3,(H,21,24). The molecular weight excluding hydrogens is 364 g/mol. The average Bonchev–Trinajstić information content (AvgIpc) is 2.99. The number of nitrogens with one attached hydrogen (secondary N) is 1. The lowest BCUT2D eigenvalue weighted by Gasteiger charge is -2.20. The van der Waals surface area contributed by atoms with Gasteiger partial charge in [-0.2, -0.15) is 0 Å². The van der Waals surface area contributed by atoms with Crippen LogP contribution in [-0.4, -0.2) is 33.0 Å². The van der Waals surface area contributed by atoms with Gasteiger partial charge in [0.25, 0.3) is 0 Å². The van der Waals surface area contributed by atoms with Crippen LogP contribution >= 0.6 is 0 Å². The number of carbonyl (C=O) groups excluding carboxylic acids is 2. The lowest BCUT2D eigenvalue weighted by Crippen LogP contribution is -2.28. The maximum Gasteiger partial charge on any atom is 0.229 e. The molecule has 2 amide bonds. The van der Waals surface area contributed by atoms with Crippen LogP contribution in [0.25, 0.3) is 0 Å². The molecule has 3 rings (SSSR count). The predicted molar refractivity (Wildman–Crippen MR) is 105 cm³/mol. The van der Waals surface area contributed by atoms with E-state index in [1.807, 2.05) is 32.0 Å². The van der Waals surface area contributed by atoms with Crippen molar-refractivity contribution in [2.75, 3.05) is 23.0 Å². The highest BCUT2D eigenvalue weighted by molar-refractivity contribution is 7.90. The number of benzene rings is 2. The van der Waals surface area contributed by atoms with Gasteiger partial charge in [0.1, 0.15) is 0 Å². The summed E-state index contributed by atoms with van der Waals surface area (Å²) in [5, 5.41) is 2.73. The van der Waals surface area contributed by atoms with Crippen LogP contribution in [0.5, 0.6) is 0 Å². The topological polar surface area (TPSA) is 83.6 Å². The summed E-state index contributed by atoms with van der Waals surface area (Å²) < 4.78 is 23.3. The van der Waals surface area contributed by atoms with Crippen molar-refractivity contribution in [2.45, 2.75) is 25.2 Å². The molecule has 1 aliphatic rings. The van der Waals surface area contributed by atoms with E-state index >= 15 is 0 Å². The van der Waals surface area contributed by atoms with Gasteiger partial charge < -0.3 is 10.2 Å². The minimum Gasteiger partial charge on any atom is -0.326 e. The Kier molecular flexibility index (Phi) is 5.06. The van der Waals surface area contributed by atoms with Crippen LogP contribution < -0.4 is 10.2 Å². The predicted octanol–water partition coefficient (Wildman–Crippen LogP) is 2.70. The maximum absolute atomic E-state index is 12.6. The molecule has 142 valence electrons. The molecule has 1 N–H and O–H groups in total.